The van der Waals surface area contributed by atoms with Gasteiger partial charge in [-0.3, -0.25) is 19.3 Å². The molecule has 1 aliphatic rings. The molecular formula is C34H37F3N2O7. The molecule has 1 aliphatic heterocycles. The van der Waals surface area contributed by atoms with Crippen LogP contribution in [0.15, 0.2) is 84.9 Å². The Bertz CT molecular complexity index is 1420. The summed E-state index contributed by atoms with van der Waals surface area (Å²) in [5, 5.41) is 10.1. The average molecular weight is 643 g/mol. The molecular weight excluding hydrogens is 605 g/mol. The van der Waals surface area contributed by atoms with Gasteiger partial charge in [-0.2, -0.15) is 13.2 Å². The van der Waals surface area contributed by atoms with Gasteiger partial charge in [0.15, 0.2) is 0 Å². The zero-order valence-corrected chi connectivity index (χ0v) is 25.4. The summed E-state index contributed by atoms with van der Waals surface area (Å²) in [6.45, 7) is 2.96. The third-order valence-electron chi connectivity index (χ3n) is 7.08. The molecule has 1 amide bonds. The monoisotopic (exact) mass is 642 g/mol. The standard InChI is InChI=1S/C32H36N2O5.C2HF3O2/c1-2-38-31(36)21-28(20-24-15-17-27(18-16-24)26-12-7-4-8-13-26)33-30(35)22-34-19-9-14-29(34)32(37)39-23-25-10-5-3-6-11-25;3-2(4,5)1(6)7/h3-8,10-13,15-18,28-29H,2,9,14,19-23H2,1H3,(H,33,35);(H,6,7)/t28-,29+;/m1./s1. The van der Waals surface area contributed by atoms with E-state index >= 15 is 0 Å². The van der Waals surface area contributed by atoms with E-state index in [0.717, 1.165) is 28.7 Å². The minimum Gasteiger partial charge on any atom is -0.475 e. The quantitative estimate of drug-likeness (QED) is 0.260. The summed E-state index contributed by atoms with van der Waals surface area (Å²) < 4.78 is 42.4. The van der Waals surface area contributed by atoms with Gasteiger partial charge in [-0.1, -0.05) is 84.9 Å². The summed E-state index contributed by atoms with van der Waals surface area (Å²) in [5.41, 5.74) is 4.16. The highest BCUT2D eigenvalue weighted by Crippen LogP contribution is 2.21. The van der Waals surface area contributed by atoms with Crippen molar-refractivity contribution >= 4 is 23.8 Å². The number of hydrogen-bond donors (Lipinski definition) is 2. The summed E-state index contributed by atoms with van der Waals surface area (Å²) in [6, 6.07) is 26.9. The number of rotatable bonds is 12. The van der Waals surface area contributed by atoms with Crippen LogP contribution in [-0.2, 0) is 41.7 Å². The molecule has 2 atom stereocenters. The Morgan fingerprint density at radius 3 is 2.07 bits per heavy atom. The number of alkyl halides is 3. The Kier molecular flexibility index (Phi) is 13.8. The lowest BCUT2D eigenvalue weighted by Crippen LogP contribution is -2.47. The van der Waals surface area contributed by atoms with Gasteiger partial charge in [0.05, 0.1) is 19.6 Å². The number of likely N-dealkylation sites (tertiary alicyclic amines) is 1. The molecule has 46 heavy (non-hydrogen) atoms. The van der Waals surface area contributed by atoms with Crippen LogP contribution in [0, 0.1) is 0 Å². The first-order valence-electron chi connectivity index (χ1n) is 14.8. The molecule has 9 nitrogen and oxygen atoms in total. The molecule has 2 N–H and O–H groups in total. The van der Waals surface area contributed by atoms with Crippen LogP contribution in [0.2, 0.25) is 0 Å². The lowest BCUT2D eigenvalue weighted by atomic mass is 9.99. The highest BCUT2D eigenvalue weighted by molar-refractivity contribution is 5.82. The Morgan fingerprint density at radius 2 is 1.48 bits per heavy atom. The number of nitrogens with zero attached hydrogens (tertiary/aromatic N) is 1. The predicted molar refractivity (Wildman–Crippen MR) is 163 cm³/mol. The maximum absolute atomic E-state index is 13.1. The summed E-state index contributed by atoms with van der Waals surface area (Å²) in [7, 11) is 0. The molecule has 0 saturated carbocycles. The highest BCUT2D eigenvalue weighted by atomic mass is 19.4. The molecule has 12 heteroatoms. The van der Waals surface area contributed by atoms with Gasteiger partial charge in [0, 0.05) is 6.04 Å². The first-order chi connectivity index (χ1) is 22.0. The van der Waals surface area contributed by atoms with Crippen molar-refractivity contribution in [3.8, 4) is 11.1 Å². The van der Waals surface area contributed by atoms with Gasteiger partial charge in [-0.05, 0) is 55.0 Å². The molecule has 4 rings (SSSR count). The lowest BCUT2D eigenvalue weighted by Gasteiger charge is -2.24. The second kappa shape index (κ2) is 17.7. The third-order valence-corrected chi connectivity index (χ3v) is 7.08. The van der Waals surface area contributed by atoms with E-state index in [2.05, 4.69) is 17.4 Å². The van der Waals surface area contributed by atoms with E-state index < -0.39 is 24.2 Å². The van der Waals surface area contributed by atoms with Gasteiger partial charge in [-0.25, -0.2) is 4.79 Å². The number of nitrogens with one attached hydrogen (secondary N) is 1. The minimum atomic E-state index is -5.08. The molecule has 1 heterocycles. The van der Waals surface area contributed by atoms with Crippen molar-refractivity contribution in [1.82, 2.24) is 10.2 Å². The van der Waals surface area contributed by atoms with Crippen LogP contribution in [0.1, 0.15) is 37.3 Å². The zero-order chi connectivity index (χ0) is 33.5. The Morgan fingerprint density at radius 1 is 0.891 bits per heavy atom. The number of ether oxygens (including phenoxy) is 2. The van der Waals surface area contributed by atoms with E-state index in [0.29, 0.717) is 19.4 Å². The predicted octanol–water partition coefficient (Wildman–Crippen LogP) is 5.18. The molecule has 0 bridgehead atoms. The van der Waals surface area contributed by atoms with Crippen LogP contribution in [0.3, 0.4) is 0 Å². The molecule has 0 radical (unpaired) electrons. The van der Waals surface area contributed by atoms with Crippen LogP contribution in [0.4, 0.5) is 13.2 Å². The average Bonchev–Trinajstić information content (AvgIpc) is 3.49. The number of amides is 1. The first kappa shape index (κ1) is 35.8. The third kappa shape index (κ3) is 12.0. The fourth-order valence-electron chi connectivity index (χ4n) is 4.91. The number of carboxylic acid groups (broad SMARTS) is 1. The smallest absolute Gasteiger partial charge is 0.475 e. The fourth-order valence-corrected chi connectivity index (χ4v) is 4.91. The van der Waals surface area contributed by atoms with E-state index in [9.17, 15) is 27.6 Å². The van der Waals surface area contributed by atoms with Gasteiger partial charge in [0.2, 0.25) is 5.91 Å². The molecule has 3 aromatic rings. The van der Waals surface area contributed by atoms with E-state index in [1.54, 1.807) is 6.92 Å². The Labute approximate surface area is 265 Å². The van der Waals surface area contributed by atoms with Gasteiger partial charge in [0.25, 0.3) is 0 Å². The number of aliphatic carboxylic acids is 1. The number of halogens is 3. The normalized spacial score (nSPS) is 15.2. The van der Waals surface area contributed by atoms with Crippen molar-refractivity contribution in [2.24, 2.45) is 0 Å². The van der Waals surface area contributed by atoms with E-state index in [-0.39, 0.29) is 44.0 Å². The van der Waals surface area contributed by atoms with Crippen molar-refractivity contribution < 1.29 is 46.9 Å². The molecule has 1 saturated heterocycles. The van der Waals surface area contributed by atoms with Crippen molar-refractivity contribution in [2.75, 3.05) is 19.7 Å². The van der Waals surface area contributed by atoms with Gasteiger partial charge < -0.3 is 19.9 Å². The van der Waals surface area contributed by atoms with Crippen molar-refractivity contribution in [3.63, 3.8) is 0 Å². The topological polar surface area (TPSA) is 122 Å². The summed E-state index contributed by atoms with van der Waals surface area (Å²) in [5.74, 6) is -3.65. The summed E-state index contributed by atoms with van der Waals surface area (Å²) >= 11 is 0. The molecule has 0 spiro atoms. The molecule has 0 unspecified atom stereocenters. The van der Waals surface area contributed by atoms with Crippen LogP contribution in [0.5, 0.6) is 0 Å². The molecule has 3 aromatic carbocycles. The number of carbonyl (C=O) groups is 4. The highest BCUT2D eigenvalue weighted by Gasteiger charge is 2.38. The number of esters is 2. The van der Waals surface area contributed by atoms with Crippen molar-refractivity contribution in [3.05, 3.63) is 96.1 Å². The molecule has 246 valence electrons. The molecule has 1 fully saturated rings. The Balaban J connectivity index is 0.000000738. The SMILES string of the molecule is CCOC(=O)C[C@@H](Cc1ccc(-c2ccccc2)cc1)NC(=O)CN1CCC[C@H]1C(=O)OCc1ccccc1.O=C(O)C(F)(F)F. The summed E-state index contributed by atoms with van der Waals surface area (Å²) in [6.07, 6.45) is -3.05. The van der Waals surface area contributed by atoms with E-state index in [1.165, 1.54) is 0 Å². The van der Waals surface area contributed by atoms with Crippen molar-refractivity contribution in [1.29, 1.82) is 0 Å². The zero-order valence-electron chi connectivity index (χ0n) is 25.4. The summed E-state index contributed by atoms with van der Waals surface area (Å²) in [4.78, 5) is 48.9. The number of benzene rings is 3. The minimum absolute atomic E-state index is 0.0668. The van der Waals surface area contributed by atoms with Gasteiger partial charge in [-0.15, -0.1) is 0 Å². The Hall–Kier alpha value is -4.71. The number of carboxylic acids is 1. The lowest BCUT2D eigenvalue weighted by molar-refractivity contribution is -0.192. The van der Waals surface area contributed by atoms with Crippen LogP contribution >= 0.6 is 0 Å². The van der Waals surface area contributed by atoms with E-state index in [4.69, 9.17) is 19.4 Å². The maximum Gasteiger partial charge on any atom is 0.490 e. The number of carbonyl (C=O) groups excluding carboxylic acids is 3. The van der Waals surface area contributed by atoms with Gasteiger partial charge >= 0.3 is 24.1 Å². The second-order valence-corrected chi connectivity index (χ2v) is 10.6. The van der Waals surface area contributed by atoms with Crippen LogP contribution < -0.4 is 5.32 Å². The molecule has 0 aliphatic carbocycles. The van der Waals surface area contributed by atoms with Crippen LogP contribution in [0.25, 0.3) is 11.1 Å². The fraction of sp³-hybridized carbons (Fsp3) is 0.353. The maximum atomic E-state index is 13.1. The van der Waals surface area contributed by atoms with Gasteiger partial charge in [0.1, 0.15) is 12.6 Å². The van der Waals surface area contributed by atoms with E-state index in [1.807, 2.05) is 77.7 Å². The first-order valence-corrected chi connectivity index (χ1v) is 14.8. The largest absolute Gasteiger partial charge is 0.490 e. The molecule has 0 aromatic heterocycles. The van der Waals surface area contributed by atoms with Crippen LogP contribution in [-0.4, -0.2) is 71.8 Å². The second-order valence-electron chi connectivity index (χ2n) is 10.6. The van der Waals surface area contributed by atoms with Crippen molar-refractivity contribution in [2.45, 2.75) is 57.5 Å². The number of hydrogen-bond acceptors (Lipinski definition) is 7.